The lowest BCUT2D eigenvalue weighted by Crippen LogP contribution is -2.31. The van der Waals surface area contributed by atoms with Crippen molar-refractivity contribution in [2.75, 3.05) is 5.32 Å². The van der Waals surface area contributed by atoms with Gasteiger partial charge in [-0.2, -0.15) is 5.10 Å². The molecule has 0 aliphatic heterocycles. The fourth-order valence-corrected chi connectivity index (χ4v) is 3.76. The topological polar surface area (TPSA) is 115 Å². The van der Waals surface area contributed by atoms with Gasteiger partial charge in [0.15, 0.2) is 5.82 Å². The zero-order chi connectivity index (χ0) is 23.5. The van der Waals surface area contributed by atoms with E-state index in [0.717, 1.165) is 11.1 Å². The Kier molecular flexibility index (Phi) is 6.21. The first kappa shape index (κ1) is 22.2. The van der Waals surface area contributed by atoms with E-state index in [1.165, 1.54) is 4.68 Å². The number of anilines is 1. The Labute approximate surface area is 195 Å². The van der Waals surface area contributed by atoms with Crippen LogP contribution in [0.15, 0.2) is 66.9 Å². The SMILES string of the molecule is Cc1cc(C)c(NC(=O)c2cc(-c3ccccc3)nn2-c2ncccc2Cl)c(C(=O)NN)c1. The van der Waals surface area contributed by atoms with Crippen molar-refractivity contribution in [1.82, 2.24) is 20.2 Å². The molecule has 2 heterocycles. The summed E-state index contributed by atoms with van der Waals surface area (Å²) in [6.07, 6.45) is 1.57. The number of halogens is 1. The Balaban J connectivity index is 1.82. The fraction of sp³-hybridized carbons (Fsp3) is 0.0833. The lowest BCUT2D eigenvalue weighted by atomic mass is 10.0. The molecule has 0 spiro atoms. The van der Waals surface area contributed by atoms with Crippen molar-refractivity contribution in [1.29, 1.82) is 0 Å². The number of nitrogens with two attached hydrogens (primary N) is 1. The summed E-state index contributed by atoms with van der Waals surface area (Å²) in [6, 6.07) is 18.0. The van der Waals surface area contributed by atoms with Crippen LogP contribution in [0, 0.1) is 13.8 Å². The first-order valence-electron chi connectivity index (χ1n) is 10.1. The summed E-state index contributed by atoms with van der Waals surface area (Å²) in [5, 5.41) is 7.78. The Morgan fingerprint density at radius 1 is 1.00 bits per heavy atom. The van der Waals surface area contributed by atoms with Crippen LogP contribution in [0.1, 0.15) is 32.0 Å². The highest BCUT2D eigenvalue weighted by atomic mass is 35.5. The van der Waals surface area contributed by atoms with E-state index in [0.29, 0.717) is 27.8 Å². The lowest BCUT2D eigenvalue weighted by molar-refractivity contribution is 0.0954. The van der Waals surface area contributed by atoms with Gasteiger partial charge < -0.3 is 5.32 Å². The maximum absolute atomic E-state index is 13.5. The number of aromatic nitrogens is 3. The van der Waals surface area contributed by atoms with Crippen molar-refractivity contribution in [3.05, 3.63) is 94.3 Å². The molecule has 0 bridgehead atoms. The molecule has 2 aromatic heterocycles. The van der Waals surface area contributed by atoms with Gasteiger partial charge in [-0.1, -0.05) is 48.0 Å². The molecule has 0 fully saturated rings. The number of amides is 2. The summed E-state index contributed by atoms with van der Waals surface area (Å²) in [5.41, 5.74) is 5.92. The van der Waals surface area contributed by atoms with Gasteiger partial charge in [0.05, 0.1) is 22.0 Å². The molecule has 0 atom stereocenters. The van der Waals surface area contributed by atoms with Crippen LogP contribution in [0.4, 0.5) is 5.69 Å². The van der Waals surface area contributed by atoms with Crippen molar-refractivity contribution >= 4 is 29.1 Å². The molecule has 8 nitrogen and oxygen atoms in total. The number of nitrogen functional groups attached to an aromatic ring is 1. The molecule has 166 valence electrons. The van der Waals surface area contributed by atoms with Crippen molar-refractivity contribution in [2.24, 2.45) is 5.84 Å². The molecular weight excluding hydrogens is 440 g/mol. The van der Waals surface area contributed by atoms with E-state index in [2.05, 4.69) is 20.8 Å². The average Bonchev–Trinajstić information content (AvgIpc) is 3.26. The third kappa shape index (κ3) is 4.48. The van der Waals surface area contributed by atoms with Gasteiger partial charge in [0.2, 0.25) is 0 Å². The molecule has 4 rings (SSSR count). The van der Waals surface area contributed by atoms with Gasteiger partial charge >= 0.3 is 0 Å². The lowest BCUT2D eigenvalue weighted by Gasteiger charge is -2.15. The van der Waals surface area contributed by atoms with Gasteiger partial charge in [-0.3, -0.25) is 15.0 Å². The van der Waals surface area contributed by atoms with Crippen LogP contribution in [0.25, 0.3) is 17.1 Å². The van der Waals surface area contributed by atoms with Crippen LogP contribution in [0.5, 0.6) is 0 Å². The molecule has 2 aromatic carbocycles. The quantitative estimate of drug-likeness (QED) is 0.236. The Hall–Kier alpha value is -4.01. The molecule has 33 heavy (non-hydrogen) atoms. The normalized spacial score (nSPS) is 10.7. The second-order valence-electron chi connectivity index (χ2n) is 7.43. The number of nitrogens with zero attached hydrogens (tertiary/aromatic N) is 3. The van der Waals surface area contributed by atoms with Crippen LogP contribution >= 0.6 is 11.6 Å². The molecule has 0 unspecified atom stereocenters. The Morgan fingerprint density at radius 3 is 2.45 bits per heavy atom. The minimum Gasteiger partial charge on any atom is -0.320 e. The van der Waals surface area contributed by atoms with Crippen LogP contribution in [0.2, 0.25) is 5.02 Å². The van der Waals surface area contributed by atoms with Gasteiger partial charge in [0.1, 0.15) is 5.69 Å². The van der Waals surface area contributed by atoms with Crippen LogP contribution < -0.4 is 16.6 Å². The Bertz CT molecular complexity index is 1350. The molecular formula is C24H21ClN6O2. The highest BCUT2D eigenvalue weighted by molar-refractivity contribution is 6.32. The largest absolute Gasteiger partial charge is 0.320 e. The van der Waals surface area contributed by atoms with Gasteiger partial charge in [0.25, 0.3) is 11.8 Å². The van der Waals surface area contributed by atoms with Crippen molar-refractivity contribution in [3.63, 3.8) is 0 Å². The molecule has 4 N–H and O–H groups in total. The second kappa shape index (κ2) is 9.23. The van der Waals surface area contributed by atoms with Crippen molar-refractivity contribution in [2.45, 2.75) is 13.8 Å². The summed E-state index contributed by atoms with van der Waals surface area (Å²) >= 11 is 6.36. The highest BCUT2D eigenvalue weighted by Crippen LogP contribution is 2.27. The molecule has 0 aliphatic rings. The smallest absolute Gasteiger partial charge is 0.274 e. The summed E-state index contributed by atoms with van der Waals surface area (Å²) in [7, 11) is 0. The minimum absolute atomic E-state index is 0.202. The van der Waals surface area contributed by atoms with Gasteiger partial charge in [0, 0.05) is 11.8 Å². The predicted octanol–water partition coefficient (Wildman–Crippen LogP) is 4.06. The number of pyridine rings is 1. The maximum Gasteiger partial charge on any atom is 0.274 e. The molecule has 2 amide bonds. The van der Waals surface area contributed by atoms with E-state index >= 15 is 0 Å². The molecule has 9 heteroatoms. The third-order valence-electron chi connectivity index (χ3n) is 5.05. The first-order valence-corrected chi connectivity index (χ1v) is 10.5. The van der Waals surface area contributed by atoms with Crippen LogP contribution in [0.3, 0.4) is 0 Å². The first-order chi connectivity index (χ1) is 15.9. The third-order valence-corrected chi connectivity index (χ3v) is 5.34. The van der Waals surface area contributed by atoms with E-state index < -0.39 is 11.8 Å². The van der Waals surface area contributed by atoms with Crippen molar-refractivity contribution < 1.29 is 9.59 Å². The number of rotatable bonds is 5. The zero-order valence-electron chi connectivity index (χ0n) is 18.0. The summed E-state index contributed by atoms with van der Waals surface area (Å²) in [4.78, 5) is 30.1. The number of hydrogen-bond donors (Lipinski definition) is 3. The molecule has 4 aromatic rings. The van der Waals surface area contributed by atoms with E-state index in [1.54, 1.807) is 37.4 Å². The van der Waals surface area contributed by atoms with E-state index in [9.17, 15) is 9.59 Å². The van der Waals surface area contributed by atoms with E-state index in [4.69, 9.17) is 17.4 Å². The van der Waals surface area contributed by atoms with Gasteiger partial charge in [-0.25, -0.2) is 15.5 Å². The van der Waals surface area contributed by atoms with Gasteiger partial charge in [-0.15, -0.1) is 0 Å². The predicted molar refractivity (Wildman–Crippen MR) is 127 cm³/mol. The number of carbonyl (C=O) groups excluding carboxylic acids is 2. The standard InChI is InChI=1S/C24H21ClN6O2/c1-14-11-15(2)21(17(12-14)23(32)29-26)28-24(33)20-13-19(16-7-4-3-5-8-16)30-31(20)22-18(25)9-6-10-27-22/h3-13H,26H2,1-2H3,(H,28,33)(H,29,32). The number of hydrazine groups is 1. The maximum atomic E-state index is 13.5. The fourth-order valence-electron chi connectivity index (χ4n) is 3.56. The Morgan fingerprint density at radius 2 is 1.76 bits per heavy atom. The molecule has 0 saturated carbocycles. The van der Waals surface area contributed by atoms with E-state index in [-0.39, 0.29) is 11.3 Å². The highest BCUT2D eigenvalue weighted by Gasteiger charge is 2.23. The molecule has 0 aliphatic carbocycles. The second-order valence-corrected chi connectivity index (χ2v) is 7.84. The van der Waals surface area contributed by atoms with Crippen LogP contribution in [-0.2, 0) is 0 Å². The summed E-state index contributed by atoms with van der Waals surface area (Å²) in [5.74, 6) is 4.67. The van der Waals surface area contributed by atoms with Crippen LogP contribution in [-0.4, -0.2) is 26.6 Å². The zero-order valence-corrected chi connectivity index (χ0v) is 18.7. The van der Waals surface area contributed by atoms with Crippen molar-refractivity contribution in [3.8, 4) is 17.1 Å². The summed E-state index contributed by atoms with van der Waals surface area (Å²) < 4.78 is 1.40. The average molecular weight is 461 g/mol. The number of hydrogen-bond acceptors (Lipinski definition) is 5. The number of nitrogens with one attached hydrogen (secondary N) is 2. The number of benzene rings is 2. The summed E-state index contributed by atoms with van der Waals surface area (Å²) in [6.45, 7) is 3.66. The monoisotopic (exact) mass is 460 g/mol. The number of carbonyl (C=O) groups is 2. The molecule has 0 radical (unpaired) electrons. The minimum atomic E-state index is -0.511. The number of aryl methyl sites for hydroxylation is 2. The van der Waals surface area contributed by atoms with Gasteiger partial charge in [-0.05, 0) is 49.2 Å². The van der Waals surface area contributed by atoms with E-state index in [1.807, 2.05) is 43.3 Å². The molecule has 0 saturated heterocycles.